The number of rotatable bonds is 1. The summed E-state index contributed by atoms with van der Waals surface area (Å²) >= 11 is 0. The van der Waals surface area contributed by atoms with Crippen LogP contribution >= 0.6 is 0 Å². The molecule has 0 bridgehead atoms. The van der Waals surface area contributed by atoms with Gasteiger partial charge in [0.1, 0.15) is 11.9 Å². The first kappa shape index (κ1) is 18.8. The quantitative estimate of drug-likeness (QED) is 0.480. The fourth-order valence-electron chi connectivity index (χ4n) is 4.27. The molecule has 0 aliphatic carbocycles. The monoisotopic (exact) mass is 394 g/mol. The van der Waals surface area contributed by atoms with Gasteiger partial charge >= 0.3 is 0 Å². The zero-order valence-electron chi connectivity index (χ0n) is 16.5. The maximum atomic E-state index is 13.1. The topological polar surface area (TPSA) is 103 Å². The number of carbonyl (C=O) groups is 1. The second-order valence-electron chi connectivity index (χ2n) is 6.94. The van der Waals surface area contributed by atoms with E-state index in [1.165, 1.54) is 12.1 Å². The van der Waals surface area contributed by atoms with E-state index in [0.29, 0.717) is 24.2 Å². The summed E-state index contributed by atoms with van der Waals surface area (Å²) in [5.41, 5.74) is 3.85. The number of aromatic hydroxyl groups is 1. The van der Waals surface area contributed by atoms with E-state index in [9.17, 15) is 20.0 Å². The molecule has 2 aromatic carbocycles. The molecule has 2 N–H and O–H groups in total. The number of hydrogen-bond acceptors (Lipinski definition) is 5. The first-order chi connectivity index (χ1) is 14.0. The fourth-order valence-corrected chi connectivity index (χ4v) is 4.27. The molecule has 150 valence electrons. The van der Waals surface area contributed by atoms with Crippen molar-refractivity contribution in [3.63, 3.8) is 0 Å². The highest BCUT2D eigenvalue weighted by Gasteiger charge is 2.42. The molecular formula is C21H22N4O4. The molecule has 8 heteroatoms. The lowest BCUT2D eigenvalue weighted by molar-refractivity contribution is -0.384. The summed E-state index contributed by atoms with van der Waals surface area (Å²) in [5, 5.41) is 21.9. The highest BCUT2D eigenvalue weighted by molar-refractivity contribution is 6.03. The van der Waals surface area contributed by atoms with Gasteiger partial charge in [0.25, 0.3) is 11.6 Å². The van der Waals surface area contributed by atoms with Crippen LogP contribution < -0.4 is 4.90 Å². The van der Waals surface area contributed by atoms with Gasteiger partial charge in [-0.05, 0) is 36.2 Å². The number of fused-ring (bicyclic) bond motifs is 6. The number of anilines is 1. The van der Waals surface area contributed by atoms with E-state index in [2.05, 4.69) is 4.98 Å². The molecule has 1 amide bonds. The molecule has 2 aliphatic rings. The molecular weight excluding hydrogens is 372 g/mol. The van der Waals surface area contributed by atoms with Crippen LogP contribution in [-0.4, -0.2) is 39.4 Å². The number of amides is 1. The van der Waals surface area contributed by atoms with E-state index in [4.69, 9.17) is 0 Å². The number of benzene rings is 2. The Hall–Kier alpha value is -3.55. The van der Waals surface area contributed by atoms with Crippen molar-refractivity contribution in [2.45, 2.75) is 26.4 Å². The minimum Gasteiger partial charge on any atom is -0.508 e. The van der Waals surface area contributed by atoms with Crippen LogP contribution in [0, 0.1) is 10.1 Å². The molecule has 0 saturated carbocycles. The Labute approximate surface area is 167 Å². The molecule has 1 aromatic heterocycles. The van der Waals surface area contributed by atoms with Crippen molar-refractivity contribution in [1.29, 1.82) is 0 Å². The van der Waals surface area contributed by atoms with Crippen LogP contribution in [0.1, 0.15) is 41.6 Å². The van der Waals surface area contributed by atoms with Gasteiger partial charge in [-0.3, -0.25) is 14.9 Å². The van der Waals surface area contributed by atoms with E-state index in [1.807, 2.05) is 31.9 Å². The maximum Gasteiger partial charge on any atom is 0.270 e. The zero-order chi connectivity index (χ0) is 20.9. The largest absolute Gasteiger partial charge is 0.508 e. The lowest BCUT2D eigenvalue weighted by atomic mass is 9.96. The van der Waals surface area contributed by atoms with Gasteiger partial charge in [-0.25, -0.2) is 0 Å². The first-order valence-electron chi connectivity index (χ1n) is 9.61. The molecule has 0 radical (unpaired) electrons. The third-order valence-corrected chi connectivity index (χ3v) is 5.51. The molecule has 0 fully saturated rings. The number of nitrogens with zero attached hydrogens (tertiary/aromatic N) is 3. The Morgan fingerprint density at radius 2 is 1.97 bits per heavy atom. The molecule has 5 rings (SSSR count). The summed E-state index contributed by atoms with van der Waals surface area (Å²) < 4.78 is 0. The van der Waals surface area contributed by atoms with Crippen molar-refractivity contribution in [3.8, 4) is 5.75 Å². The molecule has 0 spiro atoms. The highest BCUT2D eigenvalue weighted by Crippen LogP contribution is 2.43. The number of aromatic nitrogens is 1. The Kier molecular flexibility index (Phi) is 4.41. The van der Waals surface area contributed by atoms with Crippen LogP contribution in [0.5, 0.6) is 5.75 Å². The first-order valence-corrected chi connectivity index (χ1v) is 9.61. The molecule has 3 aromatic rings. The number of nitrogens with one attached hydrogen (secondary N) is 1. The van der Waals surface area contributed by atoms with Gasteiger partial charge < -0.3 is 19.9 Å². The highest BCUT2D eigenvalue weighted by atomic mass is 16.6. The smallest absolute Gasteiger partial charge is 0.270 e. The summed E-state index contributed by atoms with van der Waals surface area (Å²) in [7, 11) is 1.88. The predicted octanol–water partition coefficient (Wildman–Crippen LogP) is 3.95. The van der Waals surface area contributed by atoms with Crippen LogP contribution in [-0.2, 0) is 6.42 Å². The van der Waals surface area contributed by atoms with E-state index in [-0.39, 0.29) is 23.5 Å². The van der Waals surface area contributed by atoms with Crippen molar-refractivity contribution in [1.82, 2.24) is 9.88 Å². The molecule has 1 atom stereocenters. The number of nitro benzene ring substituents is 1. The van der Waals surface area contributed by atoms with Crippen molar-refractivity contribution < 1.29 is 14.8 Å². The van der Waals surface area contributed by atoms with Crippen molar-refractivity contribution in [2.75, 3.05) is 18.5 Å². The van der Waals surface area contributed by atoms with Gasteiger partial charge in [0, 0.05) is 36.6 Å². The summed E-state index contributed by atoms with van der Waals surface area (Å²) in [4.78, 5) is 30.8. The number of hydrogen-bond donors (Lipinski definition) is 2. The normalized spacial score (nSPS) is 17.2. The van der Waals surface area contributed by atoms with Crippen LogP contribution in [0.2, 0.25) is 0 Å². The van der Waals surface area contributed by atoms with Crippen molar-refractivity contribution >= 4 is 28.2 Å². The van der Waals surface area contributed by atoms with E-state index in [0.717, 1.165) is 22.2 Å². The van der Waals surface area contributed by atoms with Gasteiger partial charge in [0.15, 0.2) is 0 Å². The van der Waals surface area contributed by atoms with E-state index < -0.39 is 4.92 Å². The number of H-pyrrole nitrogens is 1. The van der Waals surface area contributed by atoms with Crippen LogP contribution in [0.4, 0.5) is 11.4 Å². The molecule has 1 unspecified atom stereocenters. The molecule has 8 nitrogen and oxygen atoms in total. The second kappa shape index (κ2) is 6.80. The molecule has 29 heavy (non-hydrogen) atoms. The number of phenolic OH excluding ortho intramolecular Hbond substituents is 1. The fraction of sp³-hybridized carbons (Fsp3) is 0.286. The number of phenols is 1. The SMILES string of the molecule is CC.CN1c2ccc([N+](=O)[O-])cc2C(=O)N2CCc3c([nH]c4ccc(O)cc34)C21. The average Bonchev–Trinajstić information content (AvgIpc) is 3.10. The second-order valence-corrected chi connectivity index (χ2v) is 6.94. The third-order valence-electron chi connectivity index (χ3n) is 5.51. The van der Waals surface area contributed by atoms with Crippen LogP contribution in [0.15, 0.2) is 36.4 Å². The predicted molar refractivity (Wildman–Crippen MR) is 110 cm³/mol. The van der Waals surface area contributed by atoms with Crippen molar-refractivity contribution in [2.24, 2.45) is 0 Å². The van der Waals surface area contributed by atoms with Crippen LogP contribution in [0.3, 0.4) is 0 Å². The van der Waals surface area contributed by atoms with Gasteiger partial charge in [0.05, 0.1) is 21.9 Å². The minimum absolute atomic E-state index is 0.0901. The summed E-state index contributed by atoms with van der Waals surface area (Å²) in [6, 6.07) is 9.60. The lowest BCUT2D eigenvalue weighted by Gasteiger charge is -2.46. The summed E-state index contributed by atoms with van der Waals surface area (Å²) in [6.45, 7) is 4.51. The number of aromatic amines is 1. The van der Waals surface area contributed by atoms with Gasteiger partial charge in [-0.15, -0.1) is 0 Å². The minimum atomic E-state index is -0.488. The van der Waals surface area contributed by atoms with Gasteiger partial charge in [-0.1, -0.05) is 13.8 Å². The molecule has 0 saturated heterocycles. The number of carbonyl (C=O) groups excluding carboxylic acids is 1. The Balaban J connectivity index is 0.000000994. The average molecular weight is 394 g/mol. The zero-order valence-corrected chi connectivity index (χ0v) is 16.5. The van der Waals surface area contributed by atoms with Gasteiger partial charge in [0.2, 0.25) is 0 Å². The molecule has 2 aliphatic heterocycles. The summed E-state index contributed by atoms with van der Waals surface area (Å²) in [5.74, 6) is 0.00131. The van der Waals surface area contributed by atoms with E-state index in [1.54, 1.807) is 23.1 Å². The third kappa shape index (κ3) is 2.71. The Morgan fingerprint density at radius 3 is 2.69 bits per heavy atom. The van der Waals surface area contributed by atoms with Crippen LogP contribution in [0.25, 0.3) is 10.9 Å². The van der Waals surface area contributed by atoms with Gasteiger partial charge in [-0.2, -0.15) is 0 Å². The Morgan fingerprint density at radius 1 is 1.21 bits per heavy atom. The summed E-state index contributed by atoms with van der Waals surface area (Å²) in [6.07, 6.45) is 0.337. The van der Waals surface area contributed by atoms with E-state index >= 15 is 0 Å². The number of non-ortho nitro benzene ring substituents is 1. The number of nitro groups is 1. The molecule has 3 heterocycles. The Bertz CT molecular complexity index is 1140. The maximum absolute atomic E-state index is 13.1. The standard InChI is InChI=1S/C19H16N4O4.C2H6/c1-21-16-5-2-10(23(26)27)8-14(16)19(25)22-7-6-12-13-9-11(24)3-4-15(13)20-17(12)18(21)22;1-2/h2-5,8-9,18,20,24H,6-7H2,1H3;1-2H3. The van der Waals surface area contributed by atoms with Crippen molar-refractivity contribution in [3.05, 3.63) is 63.3 Å². The lowest BCUT2D eigenvalue weighted by Crippen LogP contribution is -2.51.